The zero-order valence-electron chi connectivity index (χ0n) is 15.2. The normalized spacial score (nSPS) is 44.1. The van der Waals surface area contributed by atoms with Gasteiger partial charge in [-0.25, -0.2) is 0 Å². The van der Waals surface area contributed by atoms with E-state index in [2.05, 4.69) is 53.5 Å². The van der Waals surface area contributed by atoms with Gasteiger partial charge in [0.05, 0.1) is 6.10 Å². The lowest BCUT2D eigenvalue weighted by molar-refractivity contribution is -0.335. The van der Waals surface area contributed by atoms with Crippen LogP contribution in [-0.4, -0.2) is 22.2 Å². The molecular formula is C19H35NO. The van der Waals surface area contributed by atoms with Gasteiger partial charge in [0.25, 0.3) is 0 Å². The third kappa shape index (κ3) is 2.37. The average molecular weight is 293 g/mol. The summed E-state index contributed by atoms with van der Waals surface area (Å²) in [6.07, 6.45) is 6.93. The van der Waals surface area contributed by atoms with E-state index in [-0.39, 0.29) is 11.1 Å². The average Bonchev–Trinajstić information content (AvgIpc) is 2.34. The molecule has 3 aliphatic carbocycles. The van der Waals surface area contributed by atoms with Gasteiger partial charge in [-0.1, -0.05) is 20.8 Å². The summed E-state index contributed by atoms with van der Waals surface area (Å²) in [5.74, 6) is 2.43. The van der Waals surface area contributed by atoms with E-state index in [0.717, 1.165) is 11.8 Å². The van der Waals surface area contributed by atoms with Crippen molar-refractivity contribution in [2.45, 2.75) is 97.8 Å². The summed E-state index contributed by atoms with van der Waals surface area (Å²) in [4.78, 5) is 6.70. The molecule has 2 heteroatoms. The van der Waals surface area contributed by atoms with Crippen molar-refractivity contribution < 1.29 is 4.84 Å². The number of hydrogen-bond donors (Lipinski definition) is 0. The molecule has 0 spiro atoms. The molecule has 0 aromatic carbocycles. The molecule has 4 fully saturated rings. The van der Waals surface area contributed by atoms with Crippen molar-refractivity contribution >= 4 is 0 Å². The molecule has 1 aliphatic heterocycles. The van der Waals surface area contributed by atoms with Crippen LogP contribution in [0.15, 0.2) is 0 Å². The fourth-order valence-electron chi connectivity index (χ4n) is 5.64. The van der Waals surface area contributed by atoms with Gasteiger partial charge in [0.15, 0.2) is 0 Å². The summed E-state index contributed by atoms with van der Waals surface area (Å²) >= 11 is 0. The first-order chi connectivity index (χ1) is 9.56. The lowest BCUT2D eigenvalue weighted by atomic mass is 9.45. The quantitative estimate of drug-likeness (QED) is 0.708. The van der Waals surface area contributed by atoms with Crippen molar-refractivity contribution in [1.82, 2.24) is 5.06 Å². The number of piperidine rings is 1. The van der Waals surface area contributed by atoms with Crippen LogP contribution in [0.25, 0.3) is 0 Å². The van der Waals surface area contributed by atoms with E-state index in [0.29, 0.717) is 17.4 Å². The van der Waals surface area contributed by atoms with Crippen molar-refractivity contribution in [2.24, 2.45) is 23.2 Å². The lowest BCUT2D eigenvalue weighted by Crippen LogP contribution is -2.63. The van der Waals surface area contributed by atoms with Crippen LogP contribution < -0.4 is 0 Å². The Morgan fingerprint density at radius 2 is 1.48 bits per heavy atom. The van der Waals surface area contributed by atoms with Crippen molar-refractivity contribution in [3.05, 3.63) is 0 Å². The van der Waals surface area contributed by atoms with Crippen molar-refractivity contribution in [1.29, 1.82) is 0 Å². The van der Waals surface area contributed by atoms with Gasteiger partial charge in [-0.05, 0) is 83.0 Å². The number of nitrogens with zero attached hydrogens (tertiary/aromatic N) is 1. The topological polar surface area (TPSA) is 12.5 Å². The van der Waals surface area contributed by atoms with Crippen molar-refractivity contribution in [3.63, 3.8) is 0 Å². The second kappa shape index (κ2) is 4.71. The molecule has 4 atom stereocenters. The third-order valence-electron chi connectivity index (χ3n) is 7.20. The van der Waals surface area contributed by atoms with E-state index in [1.807, 2.05) is 0 Å². The summed E-state index contributed by atoms with van der Waals surface area (Å²) in [6, 6.07) is 0. The Morgan fingerprint density at radius 1 is 0.905 bits per heavy atom. The molecule has 0 radical (unpaired) electrons. The van der Waals surface area contributed by atoms with E-state index in [4.69, 9.17) is 4.84 Å². The Kier molecular flexibility index (Phi) is 3.54. The van der Waals surface area contributed by atoms with Crippen LogP contribution in [0.1, 0.15) is 80.6 Å². The molecule has 0 aromatic heterocycles. The SMILES string of the molecule is C[C@@H]1[C@H]2C[C@@H](C[C@H]1ON1C(C)(C)CCCC1(C)C)C2(C)C. The maximum Gasteiger partial charge on any atom is 0.0824 e. The standard InChI is InChI=1S/C19H35NO/c1-13-15-11-14(19(15,6)7)12-16(13)21-20-17(2,3)9-8-10-18(20,4)5/h13-16H,8-12H2,1-7H3/t13-,14+,15-,16-/m1/s1. The first-order valence-electron chi connectivity index (χ1n) is 9.03. The highest BCUT2D eigenvalue weighted by Gasteiger charge is 2.58. The van der Waals surface area contributed by atoms with Gasteiger partial charge in [-0.3, -0.25) is 4.84 Å². The Labute approximate surface area is 131 Å². The Bertz CT molecular complexity index is 396. The predicted molar refractivity (Wildman–Crippen MR) is 87.9 cm³/mol. The van der Waals surface area contributed by atoms with Gasteiger partial charge in [-0.15, -0.1) is 0 Å². The van der Waals surface area contributed by atoms with E-state index in [1.165, 1.54) is 32.1 Å². The maximum absolute atomic E-state index is 6.70. The number of rotatable bonds is 2. The zero-order valence-corrected chi connectivity index (χ0v) is 15.2. The highest BCUT2D eigenvalue weighted by molar-refractivity contribution is 5.06. The highest BCUT2D eigenvalue weighted by Crippen LogP contribution is 2.62. The Balaban J connectivity index is 1.74. The largest absolute Gasteiger partial charge is 0.294 e. The van der Waals surface area contributed by atoms with Crippen molar-refractivity contribution in [2.75, 3.05) is 0 Å². The van der Waals surface area contributed by atoms with E-state index in [1.54, 1.807) is 0 Å². The highest BCUT2D eigenvalue weighted by atomic mass is 16.7. The second-order valence-corrected chi connectivity index (χ2v) is 9.87. The molecule has 0 unspecified atom stereocenters. The van der Waals surface area contributed by atoms with Crippen molar-refractivity contribution in [3.8, 4) is 0 Å². The first kappa shape index (κ1) is 15.8. The summed E-state index contributed by atoms with van der Waals surface area (Å²) in [6.45, 7) is 16.8. The van der Waals surface area contributed by atoms with Crippen LogP contribution in [0.4, 0.5) is 0 Å². The molecule has 3 saturated carbocycles. The minimum absolute atomic E-state index is 0.165. The minimum atomic E-state index is 0.165. The third-order valence-corrected chi connectivity index (χ3v) is 7.20. The maximum atomic E-state index is 6.70. The van der Waals surface area contributed by atoms with Gasteiger partial charge in [0, 0.05) is 11.1 Å². The predicted octanol–water partition coefficient (Wildman–Crippen LogP) is 5.03. The van der Waals surface area contributed by atoms with Crippen LogP contribution in [0, 0.1) is 23.2 Å². The molecule has 0 aromatic rings. The fraction of sp³-hybridized carbons (Fsp3) is 1.00. The summed E-state index contributed by atoms with van der Waals surface area (Å²) in [5.41, 5.74) is 0.878. The monoisotopic (exact) mass is 293 g/mol. The van der Waals surface area contributed by atoms with Gasteiger partial charge in [-0.2, -0.15) is 5.06 Å². The van der Waals surface area contributed by atoms with Crippen LogP contribution >= 0.6 is 0 Å². The number of hydrogen-bond acceptors (Lipinski definition) is 2. The number of hydroxylamine groups is 2. The van der Waals surface area contributed by atoms with Gasteiger partial charge >= 0.3 is 0 Å². The molecule has 4 rings (SSSR count). The molecule has 122 valence electrons. The van der Waals surface area contributed by atoms with E-state index < -0.39 is 0 Å². The van der Waals surface area contributed by atoms with E-state index >= 15 is 0 Å². The first-order valence-corrected chi connectivity index (χ1v) is 9.03. The molecule has 4 aliphatic rings. The summed E-state index contributed by atoms with van der Waals surface area (Å²) in [5, 5.41) is 2.38. The Hall–Kier alpha value is -0.0800. The molecule has 0 amide bonds. The van der Waals surface area contributed by atoms with Crippen LogP contribution in [0.5, 0.6) is 0 Å². The van der Waals surface area contributed by atoms with E-state index in [9.17, 15) is 0 Å². The lowest BCUT2D eigenvalue weighted by Gasteiger charge is -2.63. The van der Waals surface area contributed by atoms with Crippen LogP contribution in [0.2, 0.25) is 0 Å². The molecule has 2 nitrogen and oxygen atoms in total. The minimum Gasteiger partial charge on any atom is -0.294 e. The summed E-state index contributed by atoms with van der Waals surface area (Å²) in [7, 11) is 0. The number of fused-ring (bicyclic) bond motifs is 2. The molecule has 1 saturated heterocycles. The molecular weight excluding hydrogens is 258 g/mol. The smallest absolute Gasteiger partial charge is 0.0824 e. The zero-order chi connectivity index (χ0) is 15.6. The second-order valence-electron chi connectivity index (χ2n) is 9.87. The van der Waals surface area contributed by atoms with Gasteiger partial charge < -0.3 is 0 Å². The van der Waals surface area contributed by atoms with Gasteiger partial charge in [0.2, 0.25) is 0 Å². The fourth-order valence-corrected chi connectivity index (χ4v) is 5.64. The molecule has 1 heterocycles. The van der Waals surface area contributed by atoms with Crippen LogP contribution in [-0.2, 0) is 4.84 Å². The van der Waals surface area contributed by atoms with Crippen LogP contribution in [0.3, 0.4) is 0 Å². The summed E-state index contributed by atoms with van der Waals surface area (Å²) < 4.78 is 0. The Morgan fingerprint density at radius 3 is 1.95 bits per heavy atom. The van der Waals surface area contributed by atoms with Gasteiger partial charge in [0.1, 0.15) is 0 Å². The molecule has 2 bridgehead atoms. The molecule has 21 heavy (non-hydrogen) atoms. The molecule has 0 N–H and O–H groups in total.